The molecule has 0 aromatic heterocycles. The van der Waals surface area contributed by atoms with E-state index in [2.05, 4.69) is 31.4 Å². The molecule has 2 saturated carbocycles. The smallest absolute Gasteiger partial charge is 0.0129 e. The Labute approximate surface area is 112 Å². The van der Waals surface area contributed by atoms with Gasteiger partial charge in [0.2, 0.25) is 0 Å². The average molecular weight is 250 g/mol. The molecule has 0 aromatic carbocycles. The normalized spacial score (nSPS) is 43.5. The molecule has 2 bridgehead atoms. The number of rotatable bonds is 3. The molecular weight excluding hydrogens is 220 g/mol. The predicted molar refractivity (Wildman–Crippen MR) is 76.6 cm³/mol. The second-order valence-electron chi connectivity index (χ2n) is 7.76. The highest BCUT2D eigenvalue weighted by Crippen LogP contribution is 2.65. The molecule has 0 spiro atoms. The Hall–Kier alpha value is -0.0800. The molecule has 2 aliphatic carbocycles. The van der Waals surface area contributed by atoms with Crippen molar-refractivity contribution >= 4 is 0 Å². The first-order valence-corrected chi connectivity index (χ1v) is 7.98. The zero-order chi connectivity index (χ0) is 12.8. The lowest BCUT2D eigenvalue weighted by Gasteiger charge is -2.40. The van der Waals surface area contributed by atoms with E-state index in [1.807, 2.05) is 0 Å². The van der Waals surface area contributed by atoms with Crippen LogP contribution in [0.3, 0.4) is 0 Å². The van der Waals surface area contributed by atoms with Gasteiger partial charge in [0, 0.05) is 6.04 Å². The molecule has 2 heteroatoms. The first kappa shape index (κ1) is 12.9. The molecule has 1 aliphatic heterocycles. The molecule has 3 fully saturated rings. The van der Waals surface area contributed by atoms with Gasteiger partial charge in [0.05, 0.1) is 0 Å². The molecule has 3 rings (SSSR count). The van der Waals surface area contributed by atoms with Gasteiger partial charge in [-0.1, -0.05) is 20.8 Å². The topological polar surface area (TPSA) is 24.1 Å². The Morgan fingerprint density at radius 1 is 1.11 bits per heavy atom. The monoisotopic (exact) mass is 250 g/mol. The van der Waals surface area contributed by atoms with Crippen molar-refractivity contribution in [3.05, 3.63) is 0 Å². The van der Waals surface area contributed by atoms with Gasteiger partial charge in [-0.15, -0.1) is 0 Å². The number of hydrogen-bond acceptors (Lipinski definition) is 2. The van der Waals surface area contributed by atoms with E-state index in [0.717, 1.165) is 17.9 Å². The van der Waals surface area contributed by atoms with Gasteiger partial charge in [-0.05, 0) is 74.4 Å². The number of hydrogen-bond donors (Lipinski definition) is 2. The minimum Gasteiger partial charge on any atom is -0.317 e. The minimum atomic E-state index is 0.546. The van der Waals surface area contributed by atoms with Gasteiger partial charge in [-0.25, -0.2) is 0 Å². The molecule has 2 N–H and O–H groups in total. The van der Waals surface area contributed by atoms with Crippen molar-refractivity contribution in [3.63, 3.8) is 0 Å². The summed E-state index contributed by atoms with van der Waals surface area (Å²) in [5.41, 5.74) is 1.10. The van der Waals surface area contributed by atoms with Gasteiger partial charge in [0.15, 0.2) is 0 Å². The Morgan fingerprint density at radius 3 is 2.39 bits per heavy atom. The summed E-state index contributed by atoms with van der Waals surface area (Å²) in [6.07, 6.45) is 7.06. The summed E-state index contributed by atoms with van der Waals surface area (Å²) in [6.45, 7) is 11.3. The van der Waals surface area contributed by atoms with Gasteiger partial charge in [-0.3, -0.25) is 0 Å². The van der Waals surface area contributed by atoms with E-state index in [1.54, 1.807) is 0 Å². The fourth-order valence-corrected chi connectivity index (χ4v) is 4.91. The summed E-state index contributed by atoms with van der Waals surface area (Å²) in [7, 11) is 0. The first-order valence-electron chi connectivity index (χ1n) is 7.98. The summed E-state index contributed by atoms with van der Waals surface area (Å²) >= 11 is 0. The van der Waals surface area contributed by atoms with Crippen LogP contribution in [0.4, 0.5) is 0 Å². The maximum absolute atomic E-state index is 3.95. The molecule has 0 amide bonds. The lowest BCUT2D eigenvalue weighted by molar-refractivity contribution is 0.118. The molecule has 3 atom stereocenters. The number of nitrogens with one attached hydrogen (secondary N) is 2. The molecule has 18 heavy (non-hydrogen) atoms. The Balaban J connectivity index is 1.58. The quantitative estimate of drug-likeness (QED) is 0.805. The third kappa shape index (κ3) is 1.84. The van der Waals surface area contributed by atoms with Crippen LogP contribution in [0.5, 0.6) is 0 Å². The first-order chi connectivity index (χ1) is 8.54. The highest BCUT2D eigenvalue weighted by Gasteiger charge is 2.60. The lowest BCUT2D eigenvalue weighted by Crippen LogP contribution is -2.46. The van der Waals surface area contributed by atoms with Crippen LogP contribution in [0.25, 0.3) is 0 Å². The summed E-state index contributed by atoms with van der Waals surface area (Å²) in [6, 6.07) is 0.779. The molecule has 1 saturated heterocycles. The van der Waals surface area contributed by atoms with Crippen LogP contribution < -0.4 is 10.6 Å². The average Bonchev–Trinajstić information content (AvgIpc) is 2.70. The van der Waals surface area contributed by atoms with Gasteiger partial charge in [0.1, 0.15) is 0 Å². The Morgan fingerprint density at radius 2 is 1.83 bits per heavy atom. The van der Waals surface area contributed by atoms with Crippen molar-refractivity contribution in [2.75, 3.05) is 19.6 Å². The van der Waals surface area contributed by atoms with Crippen molar-refractivity contribution < 1.29 is 0 Å². The largest absolute Gasteiger partial charge is 0.317 e. The Bertz CT molecular complexity index is 306. The van der Waals surface area contributed by atoms with Crippen molar-refractivity contribution in [2.45, 2.75) is 58.9 Å². The lowest BCUT2D eigenvalue weighted by atomic mass is 9.69. The van der Waals surface area contributed by atoms with E-state index in [0.29, 0.717) is 10.8 Å². The highest BCUT2D eigenvalue weighted by molar-refractivity contribution is 5.13. The molecule has 0 aromatic rings. The minimum absolute atomic E-state index is 0.546. The third-order valence-corrected chi connectivity index (χ3v) is 6.91. The van der Waals surface area contributed by atoms with Crippen molar-refractivity contribution in [1.82, 2.24) is 10.6 Å². The predicted octanol–water partition coefficient (Wildman–Crippen LogP) is 2.79. The van der Waals surface area contributed by atoms with Crippen LogP contribution in [0, 0.1) is 22.7 Å². The zero-order valence-electron chi connectivity index (χ0n) is 12.4. The second kappa shape index (κ2) is 4.49. The number of piperidine rings is 1. The third-order valence-electron chi connectivity index (χ3n) is 6.91. The molecule has 3 aliphatic rings. The van der Waals surface area contributed by atoms with Crippen LogP contribution >= 0.6 is 0 Å². The molecular formula is C16H30N2. The molecule has 1 heterocycles. The molecule has 2 nitrogen and oxygen atoms in total. The molecule has 104 valence electrons. The van der Waals surface area contributed by atoms with Crippen LogP contribution in [0.15, 0.2) is 0 Å². The van der Waals surface area contributed by atoms with E-state index in [1.165, 1.54) is 51.7 Å². The summed E-state index contributed by atoms with van der Waals surface area (Å²) < 4.78 is 0. The fourth-order valence-electron chi connectivity index (χ4n) is 4.91. The van der Waals surface area contributed by atoms with Gasteiger partial charge >= 0.3 is 0 Å². The van der Waals surface area contributed by atoms with Crippen LogP contribution in [-0.2, 0) is 0 Å². The summed E-state index contributed by atoms with van der Waals surface area (Å²) in [5, 5.41) is 7.41. The second-order valence-corrected chi connectivity index (χ2v) is 7.76. The standard InChI is InChI=1S/C16H30N2/c1-15(2)13-4-7-16(15,3)14(10-13)18-11-12-5-8-17-9-6-12/h12-14,17-18H,4-11H2,1-3H3. The highest BCUT2D eigenvalue weighted by atomic mass is 15.0. The maximum atomic E-state index is 3.95. The van der Waals surface area contributed by atoms with E-state index in [-0.39, 0.29) is 0 Å². The summed E-state index contributed by atoms with van der Waals surface area (Å²) in [4.78, 5) is 0. The molecule has 3 unspecified atom stereocenters. The van der Waals surface area contributed by atoms with Gasteiger partial charge < -0.3 is 10.6 Å². The summed E-state index contributed by atoms with van der Waals surface area (Å²) in [5.74, 6) is 1.88. The number of fused-ring (bicyclic) bond motifs is 2. The van der Waals surface area contributed by atoms with Crippen molar-refractivity contribution in [3.8, 4) is 0 Å². The van der Waals surface area contributed by atoms with Gasteiger partial charge in [0.25, 0.3) is 0 Å². The zero-order valence-corrected chi connectivity index (χ0v) is 12.4. The van der Waals surface area contributed by atoms with Crippen LogP contribution in [0.1, 0.15) is 52.9 Å². The van der Waals surface area contributed by atoms with Gasteiger partial charge in [-0.2, -0.15) is 0 Å². The van der Waals surface area contributed by atoms with Crippen molar-refractivity contribution in [1.29, 1.82) is 0 Å². The van der Waals surface area contributed by atoms with E-state index >= 15 is 0 Å². The van der Waals surface area contributed by atoms with Crippen LogP contribution in [-0.4, -0.2) is 25.7 Å². The van der Waals surface area contributed by atoms with Crippen molar-refractivity contribution in [2.24, 2.45) is 22.7 Å². The fraction of sp³-hybridized carbons (Fsp3) is 1.00. The Kier molecular flexibility index (Phi) is 3.22. The van der Waals surface area contributed by atoms with E-state index < -0.39 is 0 Å². The SMILES string of the molecule is CC1(C)C2CCC1(C)C(NCC1CCNCC1)C2. The van der Waals surface area contributed by atoms with E-state index in [4.69, 9.17) is 0 Å². The van der Waals surface area contributed by atoms with E-state index in [9.17, 15) is 0 Å². The maximum Gasteiger partial charge on any atom is 0.0129 e. The van der Waals surface area contributed by atoms with Crippen LogP contribution in [0.2, 0.25) is 0 Å². The molecule has 0 radical (unpaired) electrons.